The van der Waals surface area contributed by atoms with Crippen LogP contribution in [0.2, 0.25) is 0 Å². The van der Waals surface area contributed by atoms with Crippen molar-refractivity contribution in [1.29, 1.82) is 0 Å². The van der Waals surface area contributed by atoms with E-state index in [1.54, 1.807) is 32.0 Å². The summed E-state index contributed by atoms with van der Waals surface area (Å²) in [7, 11) is 4.54. The second kappa shape index (κ2) is 12.1. The van der Waals surface area contributed by atoms with Gasteiger partial charge >= 0.3 is 5.97 Å². The van der Waals surface area contributed by atoms with Crippen molar-refractivity contribution in [2.75, 3.05) is 27.9 Å². The SMILES string of the molecule is CO[C@@H]1[C@@H](OC)[C@H](Oc2cccc3c(=O)c4c(O)c5c(c(O)c4oc23)CCc2cc3c(c(O)c2-5)C(=O)N2[C@@H](C(=O)O)CO[C@]2(C)C3)O[C@H](C)[C@H]1OC. The van der Waals surface area contributed by atoms with Gasteiger partial charge in [-0.2, -0.15) is 0 Å². The fraction of sp³-hybridized carbons (Fsp3) is 0.432. The summed E-state index contributed by atoms with van der Waals surface area (Å²) in [5.41, 5.74) is -1.13. The van der Waals surface area contributed by atoms with Gasteiger partial charge in [0, 0.05) is 44.4 Å². The smallest absolute Gasteiger partial charge is 0.328 e. The summed E-state index contributed by atoms with van der Waals surface area (Å²) < 4.78 is 41.3. The first kappa shape index (κ1) is 34.2. The van der Waals surface area contributed by atoms with Gasteiger partial charge in [0.1, 0.15) is 40.9 Å². The van der Waals surface area contributed by atoms with E-state index in [0.29, 0.717) is 17.5 Å². The number of ether oxygens (including phenoxy) is 6. The first-order chi connectivity index (χ1) is 24.8. The van der Waals surface area contributed by atoms with E-state index in [9.17, 15) is 34.8 Å². The van der Waals surface area contributed by atoms with E-state index in [4.69, 9.17) is 32.8 Å². The number of methoxy groups -OCH3 is 3. The number of carboxylic acid groups (broad SMARTS) is 1. The average Bonchev–Trinajstić information content (AvgIpc) is 3.47. The molecule has 4 heterocycles. The van der Waals surface area contributed by atoms with Crippen LogP contribution in [0.1, 0.15) is 40.9 Å². The van der Waals surface area contributed by atoms with Gasteiger partial charge in [0.05, 0.1) is 23.7 Å². The monoisotopic (exact) mass is 719 g/mol. The molecule has 2 fully saturated rings. The van der Waals surface area contributed by atoms with Crippen LogP contribution in [-0.2, 0) is 47.7 Å². The third kappa shape index (κ3) is 4.66. The highest BCUT2D eigenvalue weighted by Crippen LogP contribution is 2.54. The number of amides is 1. The Morgan fingerprint density at radius 3 is 2.33 bits per heavy atom. The number of fused-ring (bicyclic) bond motifs is 7. The highest BCUT2D eigenvalue weighted by Gasteiger charge is 2.54. The zero-order valence-electron chi connectivity index (χ0n) is 28.9. The molecule has 7 atom stereocenters. The van der Waals surface area contributed by atoms with Gasteiger partial charge in [-0.15, -0.1) is 0 Å². The molecule has 0 bridgehead atoms. The van der Waals surface area contributed by atoms with E-state index in [-0.39, 0.29) is 69.4 Å². The fourth-order valence-electron chi connectivity index (χ4n) is 8.51. The van der Waals surface area contributed by atoms with Crippen LogP contribution < -0.4 is 10.2 Å². The number of aromatic hydroxyl groups is 3. The second-order valence-electron chi connectivity index (χ2n) is 13.7. The molecule has 4 N–H and O–H groups in total. The molecule has 15 heteroatoms. The number of carboxylic acids is 1. The Kier molecular flexibility index (Phi) is 7.93. The lowest BCUT2D eigenvalue weighted by atomic mass is 9.78. The lowest BCUT2D eigenvalue weighted by molar-refractivity contribution is -0.282. The molecule has 0 unspecified atom stereocenters. The van der Waals surface area contributed by atoms with Gasteiger partial charge in [0.25, 0.3) is 5.91 Å². The fourth-order valence-corrected chi connectivity index (χ4v) is 8.51. The number of aryl methyl sites for hydroxylation is 1. The van der Waals surface area contributed by atoms with Gasteiger partial charge in [-0.1, -0.05) is 12.1 Å². The summed E-state index contributed by atoms with van der Waals surface area (Å²) in [5, 5.41) is 44.8. The van der Waals surface area contributed by atoms with Crippen LogP contribution in [0.4, 0.5) is 0 Å². The molecule has 1 aliphatic carbocycles. The highest BCUT2D eigenvalue weighted by molar-refractivity contribution is 6.08. The molecule has 3 aromatic carbocycles. The molecule has 0 radical (unpaired) electrons. The molecule has 1 amide bonds. The number of nitrogens with zero attached hydrogens (tertiary/aromatic N) is 1. The van der Waals surface area contributed by atoms with Crippen molar-refractivity contribution in [2.24, 2.45) is 0 Å². The molecule has 52 heavy (non-hydrogen) atoms. The predicted molar refractivity (Wildman–Crippen MR) is 181 cm³/mol. The Bertz CT molecular complexity index is 2250. The summed E-state index contributed by atoms with van der Waals surface area (Å²) in [4.78, 5) is 41.2. The van der Waals surface area contributed by atoms with Gasteiger partial charge in [-0.25, -0.2) is 4.79 Å². The summed E-state index contributed by atoms with van der Waals surface area (Å²) in [6.45, 7) is 3.22. The van der Waals surface area contributed by atoms with Crippen LogP contribution in [-0.4, -0.2) is 108 Å². The number of phenols is 3. The van der Waals surface area contributed by atoms with Gasteiger partial charge in [-0.3, -0.25) is 14.5 Å². The molecule has 1 aromatic heterocycles. The standard InChI is InChI=1S/C37H37NO14/c1-14-29(46-3)32(47-4)33(48-5)36(50-14)51-20-8-6-7-18-25(39)24-28(42)23-17(26(40)31(24)52-30(18)20)10-9-15-11-16-12-37(2)38(19(13-49-37)35(44)45)34(43)22(16)27(41)21(15)23/h6-8,11,14,19,29,32-33,36,40-42H,9-10,12-13H2,1-5H3,(H,44,45)/t14-,19-,29-,32+,33-,36+,37-/m1/s1. The largest absolute Gasteiger partial charge is 0.506 e. The Hall–Kier alpha value is -4.93. The number of carbonyl (C=O) groups is 2. The highest BCUT2D eigenvalue weighted by atomic mass is 16.7. The second-order valence-corrected chi connectivity index (χ2v) is 13.7. The molecular weight excluding hydrogens is 682 g/mol. The van der Waals surface area contributed by atoms with Crippen LogP contribution in [0.25, 0.3) is 33.1 Å². The third-order valence-corrected chi connectivity index (χ3v) is 10.9. The van der Waals surface area contributed by atoms with Crippen molar-refractivity contribution in [3.05, 3.63) is 56.7 Å². The average molecular weight is 720 g/mol. The van der Waals surface area contributed by atoms with E-state index in [0.717, 1.165) is 4.90 Å². The van der Waals surface area contributed by atoms with E-state index in [1.165, 1.54) is 27.4 Å². The summed E-state index contributed by atoms with van der Waals surface area (Å²) in [5.74, 6) is -3.38. The number of para-hydroxylation sites is 1. The molecule has 4 aliphatic rings. The van der Waals surface area contributed by atoms with Crippen molar-refractivity contribution in [3.63, 3.8) is 0 Å². The quantitative estimate of drug-likeness (QED) is 0.167. The molecule has 274 valence electrons. The topological polar surface area (TPSA) is 204 Å². The maximum Gasteiger partial charge on any atom is 0.328 e. The number of phenolic OH excluding ortho intramolecular Hbond substituents is 3. The van der Waals surface area contributed by atoms with Gasteiger partial charge in [0.15, 0.2) is 28.7 Å². The van der Waals surface area contributed by atoms with E-state index in [1.807, 2.05) is 0 Å². The lowest BCUT2D eigenvalue weighted by Crippen LogP contribution is -2.60. The molecule has 3 aliphatic heterocycles. The van der Waals surface area contributed by atoms with Crippen LogP contribution in [0.15, 0.2) is 33.5 Å². The molecule has 0 saturated carbocycles. The molecule has 8 rings (SSSR count). The summed E-state index contributed by atoms with van der Waals surface area (Å²) in [6.07, 6.45) is -2.65. The van der Waals surface area contributed by atoms with E-state index < -0.39 is 77.0 Å². The number of carbonyl (C=O) groups excluding carboxylic acids is 1. The third-order valence-electron chi connectivity index (χ3n) is 10.9. The first-order valence-corrected chi connectivity index (χ1v) is 16.8. The molecular formula is C37H37NO14. The van der Waals surface area contributed by atoms with Crippen LogP contribution in [0.3, 0.4) is 0 Å². The Morgan fingerprint density at radius 1 is 0.904 bits per heavy atom. The molecule has 15 nitrogen and oxygen atoms in total. The Labute approximate surface area is 295 Å². The van der Waals surface area contributed by atoms with Crippen molar-refractivity contribution in [1.82, 2.24) is 4.90 Å². The van der Waals surface area contributed by atoms with Crippen molar-refractivity contribution >= 4 is 33.8 Å². The van der Waals surface area contributed by atoms with E-state index in [2.05, 4.69) is 0 Å². The zero-order valence-corrected chi connectivity index (χ0v) is 28.9. The predicted octanol–water partition coefficient (Wildman–Crippen LogP) is 3.20. The summed E-state index contributed by atoms with van der Waals surface area (Å²) in [6, 6.07) is 5.07. The van der Waals surface area contributed by atoms with Crippen LogP contribution in [0.5, 0.6) is 23.0 Å². The number of aliphatic carboxylic acids is 1. The number of benzene rings is 3. The Morgan fingerprint density at radius 2 is 1.63 bits per heavy atom. The zero-order chi connectivity index (χ0) is 37.0. The number of hydrogen-bond donors (Lipinski definition) is 4. The van der Waals surface area contributed by atoms with Crippen LogP contribution >= 0.6 is 0 Å². The lowest BCUT2D eigenvalue weighted by Gasteiger charge is -2.43. The maximum atomic E-state index is 14.2. The normalized spacial score (nSPS) is 28.0. The van der Waals surface area contributed by atoms with Gasteiger partial charge in [-0.05, 0) is 49.9 Å². The molecule has 2 saturated heterocycles. The minimum Gasteiger partial charge on any atom is -0.506 e. The molecule has 4 aromatic rings. The van der Waals surface area contributed by atoms with Crippen molar-refractivity contribution in [2.45, 2.75) is 75.6 Å². The Balaban J connectivity index is 1.27. The number of hydrogen-bond acceptors (Lipinski definition) is 13. The number of rotatable bonds is 6. The minimum atomic E-state index is -1.27. The van der Waals surface area contributed by atoms with Crippen molar-refractivity contribution < 1.29 is 62.9 Å². The van der Waals surface area contributed by atoms with Crippen molar-refractivity contribution in [3.8, 4) is 34.1 Å². The summed E-state index contributed by atoms with van der Waals surface area (Å²) >= 11 is 0. The first-order valence-electron chi connectivity index (χ1n) is 16.8. The minimum absolute atomic E-state index is 0.0180. The van der Waals surface area contributed by atoms with E-state index >= 15 is 0 Å². The maximum absolute atomic E-state index is 14.2. The van der Waals surface area contributed by atoms with Crippen LogP contribution in [0, 0.1) is 0 Å². The van der Waals surface area contributed by atoms with Gasteiger partial charge < -0.3 is 53.3 Å². The molecule has 0 spiro atoms. The van der Waals surface area contributed by atoms with Gasteiger partial charge in [0.2, 0.25) is 11.7 Å².